The maximum atomic E-state index is 13.9. The molecule has 0 N–H and O–H groups in total. The Hall–Kier alpha value is -2.73. The van der Waals surface area contributed by atoms with Gasteiger partial charge in [-0.1, -0.05) is 49.2 Å². The van der Waals surface area contributed by atoms with Crippen LogP contribution in [-0.4, -0.2) is 53.8 Å². The lowest BCUT2D eigenvalue weighted by Gasteiger charge is -2.33. The standard InChI is InChI=1S/C26H29N3O2S/c1-28(2)24(30)22-21(20-11-8-15-27-23(20)32-22)18-12-16-29(17-18)25(31)26(13-6-7-14-26)19-9-4-3-5-10-19/h3-5,8-11,15,18H,6-7,12-14,16-17H2,1-2H3. The van der Waals surface area contributed by atoms with E-state index in [2.05, 4.69) is 28.1 Å². The summed E-state index contributed by atoms with van der Waals surface area (Å²) in [5, 5.41) is 1.06. The summed E-state index contributed by atoms with van der Waals surface area (Å²) in [7, 11) is 3.58. The van der Waals surface area contributed by atoms with Crippen molar-refractivity contribution in [2.75, 3.05) is 27.2 Å². The number of carbonyl (C=O) groups excluding carboxylic acids is 2. The van der Waals surface area contributed by atoms with Crippen molar-refractivity contribution in [1.82, 2.24) is 14.8 Å². The molecule has 5 nitrogen and oxygen atoms in total. The molecular weight excluding hydrogens is 418 g/mol. The van der Waals surface area contributed by atoms with Crippen LogP contribution < -0.4 is 0 Å². The van der Waals surface area contributed by atoms with Crippen LogP contribution in [0.25, 0.3) is 10.2 Å². The molecule has 5 rings (SSSR count). The van der Waals surface area contributed by atoms with Crippen molar-refractivity contribution in [3.8, 4) is 0 Å². The van der Waals surface area contributed by atoms with Crippen LogP contribution in [0.1, 0.15) is 58.8 Å². The van der Waals surface area contributed by atoms with Gasteiger partial charge < -0.3 is 9.80 Å². The van der Waals surface area contributed by atoms with E-state index in [-0.39, 0.29) is 17.7 Å². The second-order valence-electron chi connectivity index (χ2n) is 9.29. The second-order valence-corrected chi connectivity index (χ2v) is 10.3. The minimum Gasteiger partial charge on any atom is -0.344 e. The van der Waals surface area contributed by atoms with Crippen LogP contribution >= 0.6 is 11.3 Å². The van der Waals surface area contributed by atoms with Crippen LogP contribution in [0.15, 0.2) is 48.7 Å². The molecule has 1 aliphatic carbocycles. The number of aromatic nitrogens is 1. The first-order chi connectivity index (χ1) is 15.5. The Morgan fingerprint density at radius 2 is 1.84 bits per heavy atom. The second kappa shape index (κ2) is 8.32. The van der Waals surface area contributed by atoms with Crippen molar-refractivity contribution in [3.63, 3.8) is 0 Å². The fourth-order valence-electron chi connectivity index (χ4n) is 5.56. The molecule has 166 valence electrons. The molecule has 1 unspecified atom stereocenters. The van der Waals surface area contributed by atoms with Gasteiger partial charge in [0, 0.05) is 44.7 Å². The number of fused-ring (bicyclic) bond motifs is 1. The van der Waals surface area contributed by atoms with Crippen LogP contribution in [0.2, 0.25) is 0 Å². The zero-order valence-corrected chi connectivity index (χ0v) is 19.5. The Morgan fingerprint density at radius 1 is 1.09 bits per heavy atom. The fraction of sp³-hybridized carbons (Fsp3) is 0.423. The Morgan fingerprint density at radius 3 is 2.56 bits per heavy atom. The van der Waals surface area contributed by atoms with E-state index < -0.39 is 5.41 Å². The quantitative estimate of drug-likeness (QED) is 0.576. The number of nitrogens with zero attached hydrogens (tertiary/aromatic N) is 3. The van der Waals surface area contributed by atoms with Crippen LogP contribution in [0.5, 0.6) is 0 Å². The normalized spacial score (nSPS) is 20.1. The van der Waals surface area contributed by atoms with Crippen molar-refractivity contribution in [2.45, 2.75) is 43.4 Å². The highest BCUT2D eigenvalue weighted by Crippen LogP contribution is 2.45. The number of thiophene rings is 1. The van der Waals surface area contributed by atoms with Crippen molar-refractivity contribution < 1.29 is 9.59 Å². The molecule has 0 spiro atoms. The average molecular weight is 448 g/mol. The van der Waals surface area contributed by atoms with Gasteiger partial charge in [0.2, 0.25) is 5.91 Å². The smallest absolute Gasteiger partial charge is 0.263 e. The molecule has 2 aliphatic rings. The van der Waals surface area contributed by atoms with E-state index in [9.17, 15) is 9.59 Å². The topological polar surface area (TPSA) is 53.5 Å². The third kappa shape index (κ3) is 3.41. The summed E-state index contributed by atoms with van der Waals surface area (Å²) in [6.45, 7) is 1.41. The van der Waals surface area contributed by atoms with Crippen molar-refractivity contribution in [1.29, 1.82) is 0 Å². The van der Waals surface area contributed by atoms with E-state index in [4.69, 9.17) is 0 Å². The molecule has 2 fully saturated rings. The van der Waals surface area contributed by atoms with Gasteiger partial charge in [-0.3, -0.25) is 9.59 Å². The van der Waals surface area contributed by atoms with E-state index in [0.717, 1.165) is 64.9 Å². The number of rotatable bonds is 4. The minimum atomic E-state index is -0.392. The number of benzene rings is 1. The zero-order chi connectivity index (χ0) is 22.3. The van der Waals surface area contributed by atoms with Gasteiger partial charge in [-0.25, -0.2) is 4.98 Å². The highest BCUT2D eigenvalue weighted by Gasteiger charge is 2.46. The molecule has 1 saturated carbocycles. The van der Waals surface area contributed by atoms with Crippen LogP contribution in [0.4, 0.5) is 0 Å². The lowest BCUT2D eigenvalue weighted by atomic mass is 9.77. The number of hydrogen-bond acceptors (Lipinski definition) is 4. The molecule has 3 heterocycles. The number of amides is 2. The molecule has 1 aliphatic heterocycles. The predicted octanol–water partition coefficient (Wildman–Crippen LogP) is 4.83. The Balaban J connectivity index is 1.47. The molecule has 6 heteroatoms. The lowest BCUT2D eigenvalue weighted by Crippen LogP contribution is -2.44. The van der Waals surface area contributed by atoms with Gasteiger partial charge >= 0.3 is 0 Å². The van der Waals surface area contributed by atoms with Crippen LogP contribution in [0, 0.1) is 0 Å². The van der Waals surface area contributed by atoms with Crippen molar-refractivity contribution in [3.05, 3.63) is 64.7 Å². The van der Waals surface area contributed by atoms with Gasteiger partial charge in [-0.2, -0.15) is 0 Å². The first-order valence-corrected chi connectivity index (χ1v) is 12.3. The van der Waals surface area contributed by atoms with Gasteiger partial charge in [0.15, 0.2) is 0 Å². The first-order valence-electron chi connectivity index (χ1n) is 11.5. The summed E-state index contributed by atoms with van der Waals surface area (Å²) in [5.74, 6) is 0.441. The summed E-state index contributed by atoms with van der Waals surface area (Å²) >= 11 is 1.47. The Bertz CT molecular complexity index is 1150. The van der Waals surface area contributed by atoms with Gasteiger partial charge in [-0.05, 0) is 36.5 Å². The van der Waals surface area contributed by atoms with Gasteiger partial charge in [0.05, 0.1) is 10.3 Å². The van der Waals surface area contributed by atoms with Gasteiger partial charge in [-0.15, -0.1) is 11.3 Å². The third-order valence-corrected chi connectivity index (χ3v) is 8.30. The molecule has 1 atom stereocenters. The number of pyridine rings is 1. The summed E-state index contributed by atoms with van der Waals surface area (Å²) < 4.78 is 0. The Labute approximate surface area is 193 Å². The fourth-order valence-corrected chi connectivity index (χ4v) is 6.81. The monoisotopic (exact) mass is 447 g/mol. The summed E-state index contributed by atoms with van der Waals surface area (Å²) in [6, 6.07) is 14.3. The predicted molar refractivity (Wildman–Crippen MR) is 128 cm³/mol. The van der Waals surface area contributed by atoms with Crippen LogP contribution in [-0.2, 0) is 10.2 Å². The molecule has 0 bridgehead atoms. The van der Waals surface area contributed by atoms with E-state index in [1.54, 1.807) is 25.2 Å². The highest BCUT2D eigenvalue weighted by atomic mass is 32.1. The first kappa shape index (κ1) is 21.1. The average Bonchev–Trinajstić information content (AvgIpc) is 3.57. The number of carbonyl (C=O) groups is 2. The number of hydrogen-bond donors (Lipinski definition) is 0. The Kier molecular flexibility index (Phi) is 5.49. The highest BCUT2D eigenvalue weighted by molar-refractivity contribution is 7.20. The maximum Gasteiger partial charge on any atom is 0.263 e. The van der Waals surface area contributed by atoms with Crippen LogP contribution in [0.3, 0.4) is 0 Å². The molecule has 2 aromatic heterocycles. The molecule has 0 radical (unpaired) electrons. The molecule has 1 aromatic carbocycles. The largest absolute Gasteiger partial charge is 0.344 e. The molecule has 1 saturated heterocycles. The van der Waals surface area contributed by atoms with Crippen molar-refractivity contribution in [2.24, 2.45) is 0 Å². The minimum absolute atomic E-state index is 0.0179. The van der Waals surface area contributed by atoms with Crippen molar-refractivity contribution >= 4 is 33.4 Å². The molecule has 2 amide bonds. The SMILES string of the molecule is CN(C)C(=O)c1sc2ncccc2c1C1CCN(C(=O)C2(c3ccccc3)CCCC2)C1. The van der Waals surface area contributed by atoms with E-state index in [0.29, 0.717) is 6.54 Å². The zero-order valence-electron chi connectivity index (χ0n) is 18.7. The third-order valence-electron chi connectivity index (χ3n) is 7.18. The molecule has 3 aromatic rings. The number of likely N-dealkylation sites (tertiary alicyclic amines) is 1. The summed E-state index contributed by atoms with van der Waals surface area (Å²) in [5.41, 5.74) is 1.84. The summed E-state index contributed by atoms with van der Waals surface area (Å²) in [6.07, 6.45) is 6.70. The molecule has 32 heavy (non-hydrogen) atoms. The lowest BCUT2D eigenvalue weighted by molar-refractivity contribution is -0.136. The van der Waals surface area contributed by atoms with Gasteiger partial charge in [0.25, 0.3) is 5.91 Å². The summed E-state index contributed by atoms with van der Waals surface area (Å²) in [4.78, 5) is 36.8. The molecular formula is C26H29N3O2S. The maximum absolute atomic E-state index is 13.9. The van der Waals surface area contributed by atoms with E-state index in [1.807, 2.05) is 24.3 Å². The van der Waals surface area contributed by atoms with Gasteiger partial charge in [0.1, 0.15) is 4.83 Å². The van der Waals surface area contributed by atoms with E-state index in [1.165, 1.54) is 11.3 Å². The van der Waals surface area contributed by atoms with E-state index >= 15 is 0 Å².